The second-order valence-electron chi connectivity index (χ2n) is 3.95. The van der Waals surface area contributed by atoms with E-state index in [1.807, 2.05) is 0 Å². The van der Waals surface area contributed by atoms with Crippen molar-refractivity contribution in [3.63, 3.8) is 0 Å². The molecule has 0 N–H and O–H groups in total. The van der Waals surface area contributed by atoms with E-state index in [1.165, 1.54) is 0 Å². The lowest BCUT2D eigenvalue weighted by atomic mass is 9.69. The van der Waals surface area contributed by atoms with E-state index < -0.39 is 0 Å². The van der Waals surface area contributed by atoms with E-state index in [0.29, 0.717) is 24.5 Å². The maximum absolute atomic E-state index is 11.1. The first-order valence-electron chi connectivity index (χ1n) is 4.26. The largest absolute Gasteiger partial charge is 0.300 e. The summed E-state index contributed by atoms with van der Waals surface area (Å²) in [5.74, 6) is 0.646. The zero-order chi connectivity index (χ0) is 9.35. The molecule has 0 saturated heterocycles. The van der Waals surface area contributed by atoms with Gasteiger partial charge in [-0.05, 0) is 12.3 Å². The SMILES string of the molecule is C[C@H]1CC(=O)CC[C@@]1(C)C(Cl)Cl. The molecule has 1 aliphatic carbocycles. The summed E-state index contributed by atoms with van der Waals surface area (Å²) in [6.45, 7) is 4.11. The molecule has 2 atom stereocenters. The van der Waals surface area contributed by atoms with Gasteiger partial charge in [0.15, 0.2) is 0 Å². The van der Waals surface area contributed by atoms with Gasteiger partial charge in [0, 0.05) is 18.3 Å². The third-order valence-corrected chi connectivity index (χ3v) is 4.10. The molecule has 0 unspecified atom stereocenters. The van der Waals surface area contributed by atoms with Crippen molar-refractivity contribution in [3.8, 4) is 0 Å². The van der Waals surface area contributed by atoms with Gasteiger partial charge in [-0.3, -0.25) is 4.79 Å². The van der Waals surface area contributed by atoms with Crippen molar-refractivity contribution in [1.82, 2.24) is 0 Å². The Balaban J connectivity index is 2.72. The molecule has 0 bridgehead atoms. The lowest BCUT2D eigenvalue weighted by molar-refractivity contribution is -0.124. The first kappa shape index (κ1) is 10.3. The number of halogens is 2. The molecular weight excluding hydrogens is 195 g/mol. The standard InChI is InChI=1S/C9H14Cl2O/c1-6-5-7(12)3-4-9(6,2)8(10)11/h6,8H,3-5H2,1-2H3/t6-,9+/m0/s1. The van der Waals surface area contributed by atoms with E-state index in [-0.39, 0.29) is 10.3 Å². The normalized spacial score (nSPS) is 37.4. The Morgan fingerprint density at radius 3 is 2.58 bits per heavy atom. The van der Waals surface area contributed by atoms with Crippen molar-refractivity contribution in [2.75, 3.05) is 0 Å². The molecule has 1 rings (SSSR count). The molecule has 0 radical (unpaired) electrons. The Kier molecular flexibility index (Phi) is 3.06. The van der Waals surface area contributed by atoms with Crippen molar-refractivity contribution in [3.05, 3.63) is 0 Å². The van der Waals surface area contributed by atoms with Gasteiger partial charge in [-0.2, -0.15) is 0 Å². The summed E-state index contributed by atoms with van der Waals surface area (Å²) in [6.07, 6.45) is 2.09. The molecule has 1 fully saturated rings. The maximum atomic E-state index is 11.1. The lowest BCUT2D eigenvalue weighted by Crippen LogP contribution is -2.37. The van der Waals surface area contributed by atoms with Crippen LogP contribution in [0.25, 0.3) is 0 Å². The van der Waals surface area contributed by atoms with Gasteiger partial charge in [-0.15, -0.1) is 23.2 Å². The van der Waals surface area contributed by atoms with E-state index in [4.69, 9.17) is 23.2 Å². The third kappa shape index (κ3) is 1.77. The lowest BCUT2D eigenvalue weighted by Gasteiger charge is -2.40. The molecule has 1 aliphatic rings. The summed E-state index contributed by atoms with van der Waals surface area (Å²) in [5, 5.41) is 0. The van der Waals surface area contributed by atoms with Crippen LogP contribution in [-0.2, 0) is 4.79 Å². The number of hydrogen-bond donors (Lipinski definition) is 0. The summed E-state index contributed by atoms with van der Waals surface area (Å²) in [6, 6.07) is 0. The molecule has 1 nitrogen and oxygen atoms in total. The third-order valence-electron chi connectivity index (χ3n) is 3.10. The highest BCUT2D eigenvalue weighted by Gasteiger charge is 2.41. The molecule has 0 aromatic heterocycles. The van der Waals surface area contributed by atoms with Crippen LogP contribution in [0.15, 0.2) is 0 Å². The van der Waals surface area contributed by atoms with Crippen LogP contribution in [0.5, 0.6) is 0 Å². The summed E-state index contributed by atoms with van der Waals surface area (Å²) in [7, 11) is 0. The van der Waals surface area contributed by atoms with Crippen LogP contribution in [0.3, 0.4) is 0 Å². The highest BCUT2D eigenvalue weighted by molar-refractivity contribution is 6.44. The van der Waals surface area contributed by atoms with Gasteiger partial charge in [0.05, 0.1) is 0 Å². The molecule has 0 amide bonds. The second-order valence-corrected chi connectivity index (χ2v) is 5.05. The van der Waals surface area contributed by atoms with Crippen molar-refractivity contribution >= 4 is 29.0 Å². The second kappa shape index (κ2) is 3.55. The highest BCUT2D eigenvalue weighted by atomic mass is 35.5. The van der Waals surface area contributed by atoms with Crippen LogP contribution in [0, 0.1) is 11.3 Å². The summed E-state index contributed by atoms with van der Waals surface area (Å²) in [4.78, 5) is 10.7. The van der Waals surface area contributed by atoms with E-state index in [0.717, 1.165) is 6.42 Å². The van der Waals surface area contributed by atoms with Crippen LogP contribution < -0.4 is 0 Å². The van der Waals surface area contributed by atoms with E-state index >= 15 is 0 Å². The molecule has 0 spiro atoms. The van der Waals surface area contributed by atoms with E-state index in [1.54, 1.807) is 0 Å². The highest BCUT2D eigenvalue weighted by Crippen LogP contribution is 2.45. The molecule has 3 heteroatoms. The van der Waals surface area contributed by atoms with Gasteiger partial charge >= 0.3 is 0 Å². The summed E-state index contributed by atoms with van der Waals surface area (Å²) < 4.78 is 0. The van der Waals surface area contributed by atoms with Crippen LogP contribution in [0.4, 0.5) is 0 Å². The Bertz CT molecular complexity index is 191. The molecular formula is C9H14Cl2O. The topological polar surface area (TPSA) is 17.1 Å². The molecule has 0 aliphatic heterocycles. The fourth-order valence-corrected chi connectivity index (χ4v) is 2.30. The quantitative estimate of drug-likeness (QED) is 0.606. The molecule has 0 aromatic rings. The zero-order valence-corrected chi connectivity index (χ0v) is 8.95. The average molecular weight is 209 g/mol. The number of Topliss-reactive ketones (excluding diaryl/α,β-unsaturated/α-hetero) is 1. The number of alkyl halides is 2. The van der Waals surface area contributed by atoms with Gasteiger partial charge in [-0.25, -0.2) is 0 Å². The Morgan fingerprint density at radius 1 is 1.58 bits per heavy atom. The molecule has 1 saturated carbocycles. The van der Waals surface area contributed by atoms with Gasteiger partial charge < -0.3 is 0 Å². The number of carbonyl (C=O) groups is 1. The monoisotopic (exact) mass is 208 g/mol. The summed E-state index contributed by atoms with van der Waals surface area (Å²) >= 11 is 11.8. The van der Waals surface area contributed by atoms with Gasteiger partial charge in [0.25, 0.3) is 0 Å². The molecule has 0 aromatic carbocycles. The maximum Gasteiger partial charge on any atom is 0.133 e. The fourth-order valence-electron chi connectivity index (χ4n) is 1.66. The van der Waals surface area contributed by atoms with Crippen LogP contribution in [0.2, 0.25) is 0 Å². The molecule has 0 heterocycles. The molecule has 70 valence electrons. The first-order valence-corrected chi connectivity index (χ1v) is 5.14. The van der Waals surface area contributed by atoms with Gasteiger partial charge in [0.1, 0.15) is 10.6 Å². The number of carbonyl (C=O) groups excluding carboxylic acids is 1. The minimum Gasteiger partial charge on any atom is -0.300 e. The van der Waals surface area contributed by atoms with Crippen LogP contribution >= 0.6 is 23.2 Å². The minimum absolute atomic E-state index is 0.0724. The Morgan fingerprint density at radius 2 is 2.17 bits per heavy atom. The van der Waals surface area contributed by atoms with E-state index in [9.17, 15) is 4.79 Å². The summed E-state index contributed by atoms with van der Waals surface area (Å²) in [5.41, 5.74) is -0.0724. The van der Waals surface area contributed by atoms with Crippen molar-refractivity contribution in [2.24, 2.45) is 11.3 Å². The first-order chi connectivity index (χ1) is 5.47. The Labute approximate surface area is 83.4 Å². The van der Waals surface area contributed by atoms with Crippen molar-refractivity contribution in [1.29, 1.82) is 0 Å². The molecule has 12 heavy (non-hydrogen) atoms. The zero-order valence-electron chi connectivity index (χ0n) is 7.44. The predicted octanol–water partition coefficient (Wildman–Crippen LogP) is 3.19. The van der Waals surface area contributed by atoms with Crippen LogP contribution in [-0.4, -0.2) is 10.6 Å². The Hall–Kier alpha value is 0.250. The van der Waals surface area contributed by atoms with E-state index in [2.05, 4.69) is 13.8 Å². The fraction of sp³-hybridized carbons (Fsp3) is 0.889. The predicted molar refractivity (Wildman–Crippen MR) is 51.6 cm³/mol. The van der Waals surface area contributed by atoms with Crippen molar-refractivity contribution in [2.45, 2.75) is 37.9 Å². The van der Waals surface area contributed by atoms with Gasteiger partial charge in [-0.1, -0.05) is 13.8 Å². The number of rotatable bonds is 1. The minimum atomic E-state index is -0.361. The number of hydrogen-bond acceptors (Lipinski definition) is 1. The number of ketones is 1. The van der Waals surface area contributed by atoms with Gasteiger partial charge in [0.2, 0.25) is 0 Å². The average Bonchev–Trinajstić information content (AvgIpc) is 1.97. The smallest absolute Gasteiger partial charge is 0.133 e. The van der Waals surface area contributed by atoms with Crippen LogP contribution in [0.1, 0.15) is 33.1 Å². The van der Waals surface area contributed by atoms with Crippen molar-refractivity contribution < 1.29 is 4.79 Å².